The van der Waals surface area contributed by atoms with Gasteiger partial charge in [-0.05, 0) is 61.9 Å². The molecule has 0 aliphatic carbocycles. The summed E-state index contributed by atoms with van der Waals surface area (Å²) < 4.78 is 16.6. The van der Waals surface area contributed by atoms with Crippen LogP contribution in [0.2, 0.25) is 0 Å². The Morgan fingerprint density at radius 2 is 1.55 bits per heavy atom. The van der Waals surface area contributed by atoms with Crippen molar-refractivity contribution in [3.05, 3.63) is 66.2 Å². The molecule has 2 amide bonds. The van der Waals surface area contributed by atoms with Crippen molar-refractivity contribution in [2.75, 3.05) is 7.11 Å². The lowest BCUT2D eigenvalue weighted by molar-refractivity contribution is -0.128. The van der Waals surface area contributed by atoms with E-state index in [1.54, 1.807) is 31.2 Å². The van der Waals surface area contributed by atoms with E-state index in [-0.39, 0.29) is 6.10 Å². The fourth-order valence-electron chi connectivity index (χ4n) is 2.95. The van der Waals surface area contributed by atoms with Gasteiger partial charge in [-0.15, -0.1) is 0 Å². The first-order valence-electron chi connectivity index (χ1n) is 9.97. The van der Waals surface area contributed by atoms with Crippen LogP contribution in [0.3, 0.4) is 0 Å². The Morgan fingerprint density at radius 1 is 0.806 bits per heavy atom. The fourth-order valence-corrected chi connectivity index (χ4v) is 2.95. The van der Waals surface area contributed by atoms with Crippen molar-refractivity contribution in [2.45, 2.75) is 33.0 Å². The van der Waals surface area contributed by atoms with Gasteiger partial charge in [-0.1, -0.05) is 30.3 Å². The van der Waals surface area contributed by atoms with Crippen molar-refractivity contribution in [1.82, 2.24) is 10.9 Å². The van der Waals surface area contributed by atoms with Crippen LogP contribution in [-0.4, -0.2) is 31.1 Å². The summed E-state index contributed by atoms with van der Waals surface area (Å²) in [5.74, 6) is 0.572. The average Bonchev–Trinajstić information content (AvgIpc) is 2.76. The molecule has 0 aliphatic heterocycles. The van der Waals surface area contributed by atoms with Crippen LogP contribution in [0.25, 0.3) is 10.8 Å². The molecule has 0 unspecified atom stereocenters. The number of rotatable bonds is 7. The first-order chi connectivity index (χ1) is 14.9. The number of benzene rings is 3. The number of hydrazine groups is 1. The molecule has 162 valence electrons. The van der Waals surface area contributed by atoms with Gasteiger partial charge in [0.05, 0.1) is 13.2 Å². The van der Waals surface area contributed by atoms with Crippen molar-refractivity contribution < 1.29 is 23.8 Å². The van der Waals surface area contributed by atoms with Gasteiger partial charge in [0.1, 0.15) is 5.75 Å². The number of fused-ring (bicyclic) bond motifs is 1. The van der Waals surface area contributed by atoms with Gasteiger partial charge in [0.25, 0.3) is 11.8 Å². The molecule has 31 heavy (non-hydrogen) atoms. The molecule has 2 N–H and O–H groups in total. The Labute approximate surface area is 181 Å². The van der Waals surface area contributed by atoms with E-state index in [1.807, 2.05) is 50.2 Å². The van der Waals surface area contributed by atoms with Gasteiger partial charge in [-0.2, -0.15) is 0 Å². The Balaban J connectivity index is 1.58. The highest BCUT2D eigenvalue weighted by atomic mass is 16.5. The van der Waals surface area contributed by atoms with Crippen LogP contribution in [0, 0.1) is 0 Å². The minimum Gasteiger partial charge on any atom is -0.493 e. The minimum atomic E-state index is -0.808. The molecule has 0 saturated carbocycles. The third-order valence-corrected chi connectivity index (χ3v) is 4.49. The van der Waals surface area contributed by atoms with E-state index in [0.29, 0.717) is 22.8 Å². The van der Waals surface area contributed by atoms with Gasteiger partial charge < -0.3 is 14.2 Å². The lowest BCUT2D eigenvalue weighted by atomic mass is 10.1. The highest BCUT2D eigenvalue weighted by Gasteiger charge is 2.17. The monoisotopic (exact) mass is 422 g/mol. The van der Waals surface area contributed by atoms with Gasteiger partial charge in [0.2, 0.25) is 0 Å². The maximum absolute atomic E-state index is 12.4. The van der Waals surface area contributed by atoms with Crippen molar-refractivity contribution in [3.63, 3.8) is 0 Å². The largest absolute Gasteiger partial charge is 0.493 e. The Hall–Kier alpha value is -3.74. The van der Waals surface area contributed by atoms with Crippen LogP contribution in [0.1, 0.15) is 31.1 Å². The van der Waals surface area contributed by atoms with E-state index in [2.05, 4.69) is 10.9 Å². The lowest BCUT2D eigenvalue weighted by Gasteiger charge is -2.16. The predicted octanol–water partition coefficient (Wildman–Crippen LogP) is 3.86. The lowest BCUT2D eigenvalue weighted by Crippen LogP contribution is -2.47. The number of hydrogen-bond donors (Lipinski definition) is 2. The standard InChI is InChI=1S/C24H26N2O5/c1-15(2)30-21-12-10-19(14-22(21)29-4)24(28)26-25-23(27)16(3)31-20-11-9-17-7-5-6-8-18(17)13-20/h5-16H,1-4H3,(H,25,27)(H,26,28)/t16-/m0/s1. The number of hydrogen-bond acceptors (Lipinski definition) is 5. The Kier molecular flexibility index (Phi) is 6.97. The summed E-state index contributed by atoms with van der Waals surface area (Å²) in [6.07, 6.45) is -0.838. The van der Waals surface area contributed by atoms with Crippen LogP contribution in [-0.2, 0) is 4.79 Å². The number of methoxy groups -OCH3 is 1. The molecule has 0 bridgehead atoms. The van der Waals surface area contributed by atoms with Gasteiger partial charge in [0.15, 0.2) is 17.6 Å². The third kappa shape index (κ3) is 5.66. The van der Waals surface area contributed by atoms with E-state index >= 15 is 0 Å². The zero-order chi connectivity index (χ0) is 22.4. The molecule has 0 saturated heterocycles. The van der Waals surface area contributed by atoms with Crippen molar-refractivity contribution in [2.24, 2.45) is 0 Å². The summed E-state index contributed by atoms with van der Waals surface area (Å²) in [7, 11) is 1.50. The molecule has 0 radical (unpaired) electrons. The molecule has 0 fully saturated rings. The molecule has 0 heterocycles. The van der Waals surface area contributed by atoms with Gasteiger partial charge in [-0.25, -0.2) is 0 Å². The van der Waals surface area contributed by atoms with Crippen molar-refractivity contribution >= 4 is 22.6 Å². The number of carbonyl (C=O) groups is 2. The summed E-state index contributed by atoms with van der Waals surface area (Å²) in [5.41, 5.74) is 5.09. The van der Waals surface area contributed by atoms with Crippen LogP contribution in [0.4, 0.5) is 0 Å². The number of carbonyl (C=O) groups excluding carboxylic acids is 2. The molecule has 0 aromatic heterocycles. The van der Waals surface area contributed by atoms with Crippen LogP contribution < -0.4 is 25.1 Å². The topological polar surface area (TPSA) is 85.9 Å². The molecule has 0 aliphatic rings. The molecule has 3 aromatic rings. The van der Waals surface area contributed by atoms with E-state index in [1.165, 1.54) is 7.11 Å². The summed E-state index contributed by atoms with van der Waals surface area (Å²) >= 11 is 0. The van der Waals surface area contributed by atoms with Crippen molar-refractivity contribution in [1.29, 1.82) is 0 Å². The molecule has 3 rings (SSSR count). The second-order valence-corrected chi connectivity index (χ2v) is 7.24. The number of nitrogens with one attached hydrogen (secondary N) is 2. The molecule has 7 nitrogen and oxygen atoms in total. The van der Waals surface area contributed by atoms with E-state index in [0.717, 1.165) is 10.8 Å². The van der Waals surface area contributed by atoms with Crippen molar-refractivity contribution in [3.8, 4) is 17.2 Å². The normalized spacial score (nSPS) is 11.6. The quantitative estimate of drug-likeness (QED) is 0.565. The molecule has 1 atom stereocenters. The fraction of sp³-hybridized carbons (Fsp3) is 0.250. The van der Waals surface area contributed by atoms with Crippen LogP contribution in [0.5, 0.6) is 17.2 Å². The zero-order valence-electron chi connectivity index (χ0n) is 18.0. The van der Waals surface area contributed by atoms with Gasteiger partial charge >= 0.3 is 0 Å². The molecular weight excluding hydrogens is 396 g/mol. The highest BCUT2D eigenvalue weighted by Crippen LogP contribution is 2.29. The average molecular weight is 422 g/mol. The smallest absolute Gasteiger partial charge is 0.279 e. The minimum absolute atomic E-state index is 0.0306. The van der Waals surface area contributed by atoms with Crippen LogP contribution in [0.15, 0.2) is 60.7 Å². The van der Waals surface area contributed by atoms with Crippen LogP contribution >= 0.6 is 0 Å². The highest BCUT2D eigenvalue weighted by molar-refractivity contribution is 5.96. The SMILES string of the molecule is COc1cc(C(=O)NNC(=O)[C@H](C)Oc2ccc3ccccc3c2)ccc1OC(C)C. The first kappa shape index (κ1) is 22.0. The molecule has 7 heteroatoms. The molecule has 0 spiro atoms. The summed E-state index contributed by atoms with van der Waals surface area (Å²) in [5, 5.41) is 2.10. The van der Waals surface area contributed by atoms with Gasteiger partial charge in [-0.3, -0.25) is 20.4 Å². The Bertz CT molecular complexity index is 1080. The first-order valence-corrected chi connectivity index (χ1v) is 9.97. The molecule has 3 aromatic carbocycles. The number of ether oxygens (including phenoxy) is 3. The zero-order valence-corrected chi connectivity index (χ0v) is 18.0. The van der Waals surface area contributed by atoms with Gasteiger partial charge in [0, 0.05) is 5.56 Å². The summed E-state index contributed by atoms with van der Waals surface area (Å²) in [6.45, 7) is 5.41. The maximum atomic E-state index is 12.4. The van der Waals surface area contributed by atoms with E-state index < -0.39 is 17.9 Å². The second kappa shape index (κ2) is 9.84. The number of amides is 2. The summed E-state index contributed by atoms with van der Waals surface area (Å²) in [4.78, 5) is 24.8. The Morgan fingerprint density at radius 3 is 2.26 bits per heavy atom. The summed E-state index contributed by atoms with van der Waals surface area (Å²) in [6, 6.07) is 18.3. The third-order valence-electron chi connectivity index (χ3n) is 4.49. The van der Waals surface area contributed by atoms with E-state index in [9.17, 15) is 9.59 Å². The van der Waals surface area contributed by atoms with E-state index in [4.69, 9.17) is 14.2 Å². The second-order valence-electron chi connectivity index (χ2n) is 7.24. The predicted molar refractivity (Wildman–Crippen MR) is 118 cm³/mol. The molecular formula is C24H26N2O5. The maximum Gasteiger partial charge on any atom is 0.279 e.